The van der Waals surface area contributed by atoms with E-state index in [2.05, 4.69) is 32.4 Å². The van der Waals surface area contributed by atoms with Crippen LogP contribution in [-0.4, -0.2) is 16.2 Å². The third-order valence-corrected chi connectivity index (χ3v) is 3.17. The average Bonchev–Trinajstić information content (AvgIpc) is 2.80. The van der Waals surface area contributed by atoms with Crippen LogP contribution in [0.5, 0.6) is 5.75 Å². The summed E-state index contributed by atoms with van der Waals surface area (Å²) < 4.78 is 8.57. The third-order valence-electron chi connectivity index (χ3n) is 2.55. The second kappa shape index (κ2) is 5.36. The lowest BCUT2D eigenvalue weighted by atomic mass is 10.2. The summed E-state index contributed by atoms with van der Waals surface area (Å²) in [6.45, 7) is 5.67. The molecule has 3 nitrogen and oxygen atoms in total. The van der Waals surface area contributed by atoms with Gasteiger partial charge in [0.1, 0.15) is 11.6 Å². The zero-order valence-corrected chi connectivity index (χ0v) is 11.6. The van der Waals surface area contributed by atoms with E-state index >= 15 is 0 Å². The Morgan fingerprint density at radius 2 is 2.18 bits per heavy atom. The number of aryl methyl sites for hydroxylation is 1. The molecule has 4 heteroatoms. The molecule has 0 aliphatic rings. The maximum absolute atomic E-state index is 5.49. The van der Waals surface area contributed by atoms with E-state index in [-0.39, 0.29) is 0 Å². The van der Waals surface area contributed by atoms with E-state index in [1.807, 2.05) is 37.5 Å². The molecule has 0 atom stereocenters. The quantitative estimate of drug-likeness (QED) is 0.859. The molecule has 0 radical (unpaired) electrons. The molecule has 0 unspecified atom stereocenters. The van der Waals surface area contributed by atoms with Crippen molar-refractivity contribution in [3.05, 3.63) is 35.1 Å². The molecule has 0 saturated carbocycles. The molecule has 2 rings (SSSR count). The molecule has 0 spiro atoms. The topological polar surface area (TPSA) is 27.1 Å². The van der Waals surface area contributed by atoms with Crippen LogP contribution in [0.3, 0.4) is 0 Å². The fourth-order valence-corrected chi connectivity index (χ4v) is 2.23. The fourth-order valence-electron chi connectivity index (χ4n) is 1.74. The summed E-state index contributed by atoms with van der Waals surface area (Å²) in [7, 11) is 0. The predicted octanol–water partition coefficient (Wildman–Crippen LogP) is 3.73. The molecule has 1 heterocycles. The van der Waals surface area contributed by atoms with E-state index in [1.54, 1.807) is 0 Å². The Bertz CT molecular complexity index is 508. The van der Waals surface area contributed by atoms with Crippen molar-refractivity contribution in [2.45, 2.75) is 20.4 Å². The van der Waals surface area contributed by atoms with Crippen molar-refractivity contribution >= 4 is 15.9 Å². The smallest absolute Gasteiger partial charge is 0.139 e. The first-order valence-electron chi connectivity index (χ1n) is 5.70. The highest BCUT2D eigenvalue weighted by molar-refractivity contribution is 9.10. The first kappa shape index (κ1) is 12.2. The van der Waals surface area contributed by atoms with Crippen LogP contribution in [-0.2, 0) is 6.54 Å². The number of hydrogen-bond donors (Lipinski definition) is 0. The van der Waals surface area contributed by atoms with Gasteiger partial charge in [0.15, 0.2) is 0 Å². The van der Waals surface area contributed by atoms with Gasteiger partial charge in [0.25, 0.3) is 0 Å². The second-order valence-electron chi connectivity index (χ2n) is 3.62. The van der Waals surface area contributed by atoms with Crippen molar-refractivity contribution in [2.24, 2.45) is 0 Å². The maximum atomic E-state index is 5.49. The molecule has 0 aliphatic heterocycles. The summed E-state index contributed by atoms with van der Waals surface area (Å²) in [5.74, 6) is 1.85. The van der Waals surface area contributed by atoms with Gasteiger partial charge in [0.2, 0.25) is 0 Å². The fraction of sp³-hybridized carbons (Fsp3) is 0.308. The molecule has 0 amide bonds. The molecule has 2 aromatic rings. The Kier molecular flexibility index (Phi) is 3.84. The van der Waals surface area contributed by atoms with Crippen LogP contribution in [0.25, 0.3) is 11.4 Å². The summed E-state index contributed by atoms with van der Waals surface area (Å²) in [4.78, 5) is 4.38. The molecule has 0 aliphatic carbocycles. The number of hydrogen-bond acceptors (Lipinski definition) is 2. The number of halogens is 1. The number of nitrogens with zero attached hydrogens (tertiary/aromatic N) is 2. The van der Waals surface area contributed by atoms with Crippen LogP contribution in [0.2, 0.25) is 0 Å². The number of imidazole rings is 1. The van der Waals surface area contributed by atoms with Crippen molar-refractivity contribution < 1.29 is 4.74 Å². The lowest BCUT2D eigenvalue weighted by molar-refractivity contribution is 0.338. The van der Waals surface area contributed by atoms with Gasteiger partial charge in [-0.25, -0.2) is 4.98 Å². The van der Waals surface area contributed by atoms with Gasteiger partial charge in [-0.1, -0.05) is 0 Å². The van der Waals surface area contributed by atoms with Gasteiger partial charge in [0.05, 0.1) is 11.1 Å². The van der Waals surface area contributed by atoms with E-state index in [1.165, 1.54) is 0 Å². The molecule has 17 heavy (non-hydrogen) atoms. The lowest BCUT2D eigenvalue weighted by Gasteiger charge is -2.09. The average molecular weight is 295 g/mol. The Balaban J connectivity index is 2.37. The molecule has 1 aromatic heterocycles. The van der Waals surface area contributed by atoms with Gasteiger partial charge < -0.3 is 9.30 Å². The van der Waals surface area contributed by atoms with Crippen molar-refractivity contribution in [1.29, 1.82) is 0 Å². The van der Waals surface area contributed by atoms with Crippen molar-refractivity contribution in [1.82, 2.24) is 9.55 Å². The minimum Gasteiger partial charge on any atom is -0.493 e. The normalized spacial score (nSPS) is 10.5. The van der Waals surface area contributed by atoms with Gasteiger partial charge in [-0.15, -0.1) is 0 Å². The lowest BCUT2D eigenvalue weighted by Crippen LogP contribution is -1.97. The Labute approximate surface area is 110 Å². The highest BCUT2D eigenvalue weighted by atomic mass is 79.9. The number of aromatic nitrogens is 2. The summed E-state index contributed by atoms with van der Waals surface area (Å²) in [5.41, 5.74) is 1.09. The molecule has 0 bridgehead atoms. The van der Waals surface area contributed by atoms with Gasteiger partial charge in [0, 0.05) is 24.5 Å². The zero-order valence-electron chi connectivity index (χ0n) is 9.98. The Morgan fingerprint density at radius 3 is 2.82 bits per heavy atom. The molecular weight excluding hydrogens is 280 g/mol. The minimum absolute atomic E-state index is 0.668. The summed E-state index contributed by atoms with van der Waals surface area (Å²) in [6.07, 6.45) is 3.81. The van der Waals surface area contributed by atoms with Gasteiger partial charge >= 0.3 is 0 Å². The number of benzene rings is 1. The molecular formula is C13H15BrN2O. The van der Waals surface area contributed by atoms with Gasteiger partial charge in [-0.05, 0) is 48.0 Å². The monoisotopic (exact) mass is 294 g/mol. The zero-order chi connectivity index (χ0) is 12.3. The molecule has 90 valence electrons. The number of ether oxygens (including phenoxy) is 1. The van der Waals surface area contributed by atoms with Crippen LogP contribution >= 0.6 is 15.9 Å². The van der Waals surface area contributed by atoms with Crippen molar-refractivity contribution in [3.8, 4) is 17.1 Å². The highest BCUT2D eigenvalue weighted by Gasteiger charge is 2.08. The van der Waals surface area contributed by atoms with Crippen molar-refractivity contribution in [2.75, 3.05) is 6.61 Å². The SMILES string of the molecule is CCOc1ccc(-c2nccn2CC)cc1Br. The first-order valence-corrected chi connectivity index (χ1v) is 6.49. The van der Waals surface area contributed by atoms with E-state index in [9.17, 15) is 0 Å². The maximum Gasteiger partial charge on any atom is 0.139 e. The molecule has 1 aromatic carbocycles. The van der Waals surface area contributed by atoms with E-state index in [0.29, 0.717) is 6.61 Å². The summed E-state index contributed by atoms with van der Waals surface area (Å²) >= 11 is 3.52. The van der Waals surface area contributed by atoms with E-state index < -0.39 is 0 Å². The Hall–Kier alpha value is -1.29. The highest BCUT2D eigenvalue weighted by Crippen LogP contribution is 2.30. The van der Waals surface area contributed by atoms with Gasteiger partial charge in [-0.3, -0.25) is 0 Å². The minimum atomic E-state index is 0.668. The first-order chi connectivity index (χ1) is 8.26. The third kappa shape index (κ3) is 2.52. The van der Waals surface area contributed by atoms with Gasteiger partial charge in [-0.2, -0.15) is 0 Å². The van der Waals surface area contributed by atoms with E-state index in [0.717, 1.165) is 28.2 Å². The van der Waals surface area contributed by atoms with Crippen LogP contribution in [0, 0.1) is 0 Å². The molecule has 0 N–H and O–H groups in total. The van der Waals surface area contributed by atoms with Crippen LogP contribution in [0.1, 0.15) is 13.8 Å². The standard InChI is InChI=1S/C13H15BrN2O/c1-3-16-8-7-15-13(16)10-5-6-12(17-4-2)11(14)9-10/h5-9H,3-4H2,1-2H3. The van der Waals surface area contributed by atoms with Crippen LogP contribution in [0.4, 0.5) is 0 Å². The van der Waals surface area contributed by atoms with Crippen LogP contribution in [0.15, 0.2) is 35.1 Å². The predicted molar refractivity (Wildman–Crippen MR) is 72.2 cm³/mol. The Morgan fingerprint density at radius 1 is 1.35 bits per heavy atom. The van der Waals surface area contributed by atoms with E-state index in [4.69, 9.17) is 4.74 Å². The van der Waals surface area contributed by atoms with Crippen LogP contribution < -0.4 is 4.74 Å². The summed E-state index contributed by atoms with van der Waals surface area (Å²) in [6, 6.07) is 6.04. The second-order valence-corrected chi connectivity index (χ2v) is 4.47. The molecule has 0 fully saturated rings. The van der Waals surface area contributed by atoms with Crippen molar-refractivity contribution in [3.63, 3.8) is 0 Å². The number of rotatable bonds is 4. The molecule has 0 saturated heterocycles. The largest absolute Gasteiger partial charge is 0.493 e. The summed E-state index contributed by atoms with van der Waals surface area (Å²) in [5, 5.41) is 0.